The molecule has 2 aromatic carbocycles. The second-order valence-electron chi connectivity index (χ2n) is 4.30. The number of carbonyl (C=O) groups is 3. The molecule has 6 nitrogen and oxygen atoms in total. The smallest absolute Gasteiger partial charge is 0.336 e. The predicted octanol–water partition coefficient (Wildman–Crippen LogP) is 2.99. The fourth-order valence-electron chi connectivity index (χ4n) is 1.80. The van der Waals surface area contributed by atoms with E-state index in [1.165, 1.54) is 0 Å². The normalized spacial score (nSPS) is 10.0. The second kappa shape index (κ2) is 6.28. The van der Waals surface area contributed by atoms with E-state index < -0.39 is 23.4 Å². The average molecular weight is 320 g/mol. The van der Waals surface area contributed by atoms with Crippen LogP contribution < -0.4 is 5.32 Å². The summed E-state index contributed by atoms with van der Waals surface area (Å²) in [7, 11) is 0. The lowest BCUT2D eigenvalue weighted by Crippen LogP contribution is -2.17. The number of carboxylic acid groups (broad SMARTS) is 2. The fourth-order valence-corrected chi connectivity index (χ4v) is 1.99. The predicted molar refractivity (Wildman–Crippen MR) is 79.8 cm³/mol. The molecule has 112 valence electrons. The molecule has 0 aromatic heterocycles. The molecule has 0 aliphatic heterocycles. The van der Waals surface area contributed by atoms with Gasteiger partial charge in [0.25, 0.3) is 5.91 Å². The van der Waals surface area contributed by atoms with Crippen molar-refractivity contribution in [3.63, 3.8) is 0 Å². The Morgan fingerprint density at radius 1 is 0.909 bits per heavy atom. The highest BCUT2D eigenvalue weighted by atomic mass is 35.5. The van der Waals surface area contributed by atoms with E-state index in [1.807, 2.05) is 0 Å². The van der Waals surface area contributed by atoms with E-state index in [0.29, 0.717) is 10.7 Å². The van der Waals surface area contributed by atoms with Crippen molar-refractivity contribution >= 4 is 35.1 Å². The van der Waals surface area contributed by atoms with Crippen LogP contribution in [0.25, 0.3) is 0 Å². The summed E-state index contributed by atoms with van der Waals surface area (Å²) in [5, 5.41) is 20.8. The first-order valence-electron chi connectivity index (χ1n) is 6.06. The standard InChI is InChI=1S/C15H10ClNO5/c16-11-3-1-2-4-12(11)17-13(18)9-6-5-8(14(19)20)7-10(9)15(21)22/h1-7H,(H,17,18)(H,19,20)(H,21,22). The van der Waals surface area contributed by atoms with Gasteiger partial charge in [0, 0.05) is 0 Å². The van der Waals surface area contributed by atoms with Gasteiger partial charge in [0.05, 0.1) is 27.4 Å². The topological polar surface area (TPSA) is 104 Å². The van der Waals surface area contributed by atoms with Crippen molar-refractivity contribution in [2.24, 2.45) is 0 Å². The highest BCUT2D eigenvalue weighted by molar-refractivity contribution is 6.34. The van der Waals surface area contributed by atoms with Crippen LogP contribution >= 0.6 is 11.6 Å². The Morgan fingerprint density at radius 2 is 1.59 bits per heavy atom. The van der Waals surface area contributed by atoms with Gasteiger partial charge in [-0.1, -0.05) is 23.7 Å². The molecule has 7 heteroatoms. The summed E-state index contributed by atoms with van der Waals surface area (Å²) in [5.74, 6) is -3.37. The van der Waals surface area contributed by atoms with Gasteiger partial charge >= 0.3 is 11.9 Å². The maximum Gasteiger partial charge on any atom is 0.336 e. The molecule has 0 unspecified atom stereocenters. The van der Waals surface area contributed by atoms with E-state index in [2.05, 4.69) is 5.32 Å². The Bertz CT molecular complexity index is 772. The minimum atomic E-state index is -1.40. The van der Waals surface area contributed by atoms with E-state index in [1.54, 1.807) is 24.3 Å². The first-order chi connectivity index (χ1) is 10.4. The van der Waals surface area contributed by atoms with Crippen molar-refractivity contribution in [2.45, 2.75) is 0 Å². The number of hydrogen-bond acceptors (Lipinski definition) is 3. The van der Waals surface area contributed by atoms with Crippen molar-refractivity contribution < 1.29 is 24.6 Å². The lowest BCUT2D eigenvalue weighted by atomic mass is 10.0. The second-order valence-corrected chi connectivity index (χ2v) is 4.71. The summed E-state index contributed by atoms with van der Waals surface area (Å²) >= 11 is 5.92. The molecule has 0 saturated heterocycles. The van der Waals surface area contributed by atoms with E-state index in [0.717, 1.165) is 18.2 Å². The fraction of sp³-hybridized carbons (Fsp3) is 0. The number of hydrogen-bond donors (Lipinski definition) is 3. The third kappa shape index (κ3) is 3.24. The van der Waals surface area contributed by atoms with Crippen LogP contribution in [-0.2, 0) is 0 Å². The van der Waals surface area contributed by atoms with Gasteiger partial charge in [-0.3, -0.25) is 4.79 Å². The molecule has 2 aromatic rings. The molecular weight excluding hydrogens is 310 g/mol. The zero-order valence-electron chi connectivity index (χ0n) is 11.0. The summed E-state index contributed by atoms with van der Waals surface area (Å²) in [4.78, 5) is 34.3. The highest BCUT2D eigenvalue weighted by Gasteiger charge is 2.19. The lowest BCUT2D eigenvalue weighted by molar-refractivity contribution is 0.0692. The zero-order valence-corrected chi connectivity index (χ0v) is 11.8. The van der Waals surface area contributed by atoms with Crippen LogP contribution in [0.15, 0.2) is 42.5 Å². The molecule has 22 heavy (non-hydrogen) atoms. The van der Waals surface area contributed by atoms with E-state index in [-0.39, 0.29) is 11.1 Å². The van der Waals surface area contributed by atoms with E-state index in [9.17, 15) is 14.4 Å². The summed E-state index contributed by atoms with van der Waals surface area (Å²) in [6.45, 7) is 0. The third-order valence-corrected chi connectivity index (χ3v) is 3.19. The number of amides is 1. The van der Waals surface area contributed by atoms with Gasteiger partial charge in [-0.2, -0.15) is 0 Å². The van der Waals surface area contributed by atoms with Crippen molar-refractivity contribution in [1.82, 2.24) is 0 Å². The summed E-state index contributed by atoms with van der Waals surface area (Å²) in [6.07, 6.45) is 0. The zero-order chi connectivity index (χ0) is 16.3. The summed E-state index contributed by atoms with van der Waals surface area (Å²) in [5.41, 5.74) is -0.443. The Labute approximate surface area is 130 Å². The van der Waals surface area contributed by atoms with Gasteiger partial charge < -0.3 is 15.5 Å². The van der Waals surface area contributed by atoms with Gasteiger partial charge in [0.15, 0.2) is 0 Å². The number of benzene rings is 2. The van der Waals surface area contributed by atoms with Crippen molar-refractivity contribution in [1.29, 1.82) is 0 Å². The van der Waals surface area contributed by atoms with Crippen LogP contribution in [0.2, 0.25) is 5.02 Å². The summed E-state index contributed by atoms with van der Waals surface area (Å²) in [6, 6.07) is 9.73. The number of halogens is 1. The number of aromatic carboxylic acids is 2. The molecule has 1 amide bonds. The number of carboxylic acids is 2. The van der Waals surface area contributed by atoms with Crippen LogP contribution in [0.1, 0.15) is 31.1 Å². The lowest BCUT2D eigenvalue weighted by Gasteiger charge is -2.09. The van der Waals surface area contributed by atoms with Gasteiger partial charge in [-0.05, 0) is 30.3 Å². The van der Waals surface area contributed by atoms with Crippen LogP contribution in [-0.4, -0.2) is 28.1 Å². The maximum absolute atomic E-state index is 12.2. The van der Waals surface area contributed by atoms with Crippen molar-refractivity contribution in [3.8, 4) is 0 Å². The number of para-hydroxylation sites is 1. The van der Waals surface area contributed by atoms with Crippen molar-refractivity contribution in [2.75, 3.05) is 5.32 Å². The number of rotatable bonds is 4. The van der Waals surface area contributed by atoms with E-state index >= 15 is 0 Å². The molecule has 3 N–H and O–H groups in total. The molecule has 0 saturated carbocycles. The summed E-state index contributed by atoms with van der Waals surface area (Å²) < 4.78 is 0. The Kier molecular flexibility index (Phi) is 4.43. The molecule has 0 radical (unpaired) electrons. The minimum Gasteiger partial charge on any atom is -0.478 e. The van der Waals surface area contributed by atoms with Crippen LogP contribution in [0.5, 0.6) is 0 Å². The molecule has 0 spiro atoms. The Hall–Kier alpha value is -2.86. The molecule has 0 aliphatic carbocycles. The van der Waals surface area contributed by atoms with Gasteiger partial charge in [0.1, 0.15) is 0 Å². The molecule has 0 aliphatic rings. The van der Waals surface area contributed by atoms with E-state index in [4.69, 9.17) is 21.8 Å². The molecule has 0 fully saturated rings. The van der Waals surface area contributed by atoms with Gasteiger partial charge in [-0.25, -0.2) is 9.59 Å². The Morgan fingerprint density at radius 3 is 2.18 bits per heavy atom. The van der Waals surface area contributed by atoms with Crippen LogP contribution in [0.4, 0.5) is 5.69 Å². The minimum absolute atomic E-state index is 0.155. The largest absolute Gasteiger partial charge is 0.478 e. The molecule has 0 atom stereocenters. The SMILES string of the molecule is O=C(O)c1ccc(C(=O)Nc2ccccc2Cl)c(C(=O)O)c1. The average Bonchev–Trinajstić information content (AvgIpc) is 2.48. The number of nitrogens with one attached hydrogen (secondary N) is 1. The van der Waals surface area contributed by atoms with Crippen molar-refractivity contribution in [3.05, 3.63) is 64.2 Å². The maximum atomic E-state index is 12.2. The molecular formula is C15H10ClNO5. The third-order valence-electron chi connectivity index (χ3n) is 2.86. The number of carbonyl (C=O) groups excluding carboxylic acids is 1. The van der Waals surface area contributed by atoms with Gasteiger partial charge in [0.2, 0.25) is 0 Å². The van der Waals surface area contributed by atoms with Gasteiger partial charge in [-0.15, -0.1) is 0 Å². The molecule has 0 bridgehead atoms. The first-order valence-corrected chi connectivity index (χ1v) is 6.44. The highest BCUT2D eigenvalue weighted by Crippen LogP contribution is 2.22. The van der Waals surface area contributed by atoms with Crippen LogP contribution in [0, 0.1) is 0 Å². The molecule has 2 rings (SSSR count). The molecule has 0 heterocycles. The quantitative estimate of drug-likeness (QED) is 0.803. The van der Waals surface area contributed by atoms with Crippen LogP contribution in [0.3, 0.4) is 0 Å². The first kappa shape index (κ1) is 15.5. The Balaban J connectivity index is 2.39. The number of anilines is 1. The monoisotopic (exact) mass is 319 g/mol.